The lowest BCUT2D eigenvalue weighted by Crippen LogP contribution is -2.55. The smallest absolute Gasteiger partial charge is 0.302 e. The molecule has 0 bridgehead atoms. The number of Topliss-reactive ketones (excluding diaryl/α,β-unsaturated/α-hetero) is 1. The number of rotatable bonds is 12. The standard InChI is InChI=1S/C22H39NO4/c1-17(24)13-11-9-7-5-6-8-10-12-14-21-15-16-22(27-20(4)26)18(2)23(21)19(3)25/h18,21-22H,5-16H2,1-4H3/t18-,21-,22-/m1/s1. The van der Waals surface area contributed by atoms with Gasteiger partial charge in [0.05, 0.1) is 6.04 Å². The summed E-state index contributed by atoms with van der Waals surface area (Å²) in [5.74, 6) is 0.107. The second kappa shape index (κ2) is 12.9. The number of ether oxygens (including phenoxy) is 1. The topological polar surface area (TPSA) is 63.7 Å². The van der Waals surface area contributed by atoms with Crippen LogP contribution in [0.3, 0.4) is 0 Å². The van der Waals surface area contributed by atoms with Crippen molar-refractivity contribution < 1.29 is 19.1 Å². The number of carbonyl (C=O) groups excluding carboxylic acids is 3. The molecule has 1 rings (SSSR count). The van der Waals surface area contributed by atoms with Gasteiger partial charge in [-0.05, 0) is 39.5 Å². The number of piperidine rings is 1. The van der Waals surface area contributed by atoms with Crippen LogP contribution in [0.2, 0.25) is 0 Å². The number of carbonyl (C=O) groups is 3. The number of hydrogen-bond acceptors (Lipinski definition) is 4. The molecule has 156 valence electrons. The van der Waals surface area contributed by atoms with Gasteiger partial charge < -0.3 is 14.4 Å². The van der Waals surface area contributed by atoms with Crippen molar-refractivity contribution in [1.82, 2.24) is 4.90 Å². The molecule has 0 N–H and O–H groups in total. The molecule has 5 heteroatoms. The molecule has 0 spiro atoms. The Kier molecular flexibility index (Phi) is 11.3. The van der Waals surface area contributed by atoms with E-state index in [1.807, 2.05) is 11.8 Å². The minimum atomic E-state index is -0.268. The fourth-order valence-corrected chi connectivity index (χ4v) is 4.26. The van der Waals surface area contributed by atoms with E-state index in [2.05, 4.69) is 0 Å². The summed E-state index contributed by atoms with van der Waals surface area (Å²) in [6.45, 7) is 6.70. The van der Waals surface area contributed by atoms with E-state index in [-0.39, 0.29) is 30.1 Å². The highest BCUT2D eigenvalue weighted by molar-refractivity contribution is 5.75. The van der Waals surface area contributed by atoms with Crippen LogP contribution >= 0.6 is 0 Å². The summed E-state index contributed by atoms with van der Waals surface area (Å²) in [5, 5.41) is 0. The van der Waals surface area contributed by atoms with Gasteiger partial charge in [-0.25, -0.2) is 0 Å². The number of likely N-dealkylation sites (tertiary alicyclic amines) is 1. The number of esters is 1. The van der Waals surface area contributed by atoms with Crippen LogP contribution in [0.25, 0.3) is 0 Å². The Morgan fingerprint density at radius 3 is 1.93 bits per heavy atom. The van der Waals surface area contributed by atoms with E-state index in [1.165, 1.54) is 39.0 Å². The van der Waals surface area contributed by atoms with Crippen molar-refractivity contribution in [3.05, 3.63) is 0 Å². The van der Waals surface area contributed by atoms with Crippen LogP contribution in [0.5, 0.6) is 0 Å². The van der Waals surface area contributed by atoms with E-state index in [9.17, 15) is 14.4 Å². The minimum Gasteiger partial charge on any atom is -0.460 e. The maximum Gasteiger partial charge on any atom is 0.302 e. The Morgan fingerprint density at radius 2 is 1.41 bits per heavy atom. The molecule has 1 fully saturated rings. The van der Waals surface area contributed by atoms with Crippen LogP contribution in [-0.2, 0) is 19.1 Å². The average molecular weight is 382 g/mol. The SMILES string of the molecule is CC(=O)CCCCCCCCCC[C@@H]1CC[C@@H](OC(C)=O)[C@@H](C)N1C(C)=O. The average Bonchev–Trinajstić information content (AvgIpc) is 2.57. The van der Waals surface area contributed by atoms with E-state index in [0.717, 1.165) is 44.9 Å². The fourth-order valence-electron chi connectivity index (χ4n) is 4.26. The van der Waals surface area contributed by atoms with Crippen molar-refractivity contribution in [3.8, 4) is 0 Å². The minimum absolute atomic E-state index is 0.0415. The third kappa shape index (κ3) is 9.39. The lowest BCUT2D eigenvalue weighted by molar-refractivity contribution is -0.159. The molecule has 0 saturated carbocycles. The zero-order valence-corrected chi connectivity index (χ0v) is 17.8. The molecular weight excluding hydrogens is 342 g/mol. The molecule has 5 nitrogen and oxygen atoms in total. The van der Waals surface area contributed by atoms with Crippen molar-refractivity contribution in [2.24, 2.45) is 0 Å². The highest BCUT2D eigenvalue weighted by Gasteiger charge is 2.37. The first-order valence-corrected chi connectivity index (χ1v) is 10.8. The summed E-state index contributed by atoms with van der Waals surface area (Å²) in [6.07, 6.45) is 12.9. The van der Waals surface area contributed by atoms with Gasteiger partial charge in [-0.2, -0.15) is 0 Å². The normalized spacial score (nSPS) is 22.5. The van der Waals surface area contributed by atoms with Gasteiger partial charge in [-0.15, -0.1) is 0 Å². The summed E-state index contributed by atoms with van der Waals surface area (Å²) in [7, 11) is 0. The molecule has 0 aliphatic carbocycles. The van der Waals surface area contributed by atoms with E-state index < -0.39 is 0 Å². The molecule has 0 aromatic heterocycles. The van der Waals surface area contributed by atoms with Crippen molar-refractivity contribution in [3.63, 3.8) is 0 Å². The third-order valence-corrected chi connectivity index (χ3v) is 5.65. The number of ketones is 1. The maximum atomic E-state index is 12.1. The van der Waals surface area contributed by atoms with Gasteiger partial charge in [0.15, 0.2) is 0 Å². The van der Waals surface area contributed by atoms with Crippen LogP contribution in [0.4, 0.5) is 0 Å². The zero-order valence-electron chi connectivity index (χ0n) is 17.8. The van der Waals surface area contributed by atoms with Crippen LogP contribution < -0.4 is 0 Å². The third-order valence-electron chi connectivity index (χ3n) is 5.65. The second-order valence-corrected chi connectivity index (χ2v) is 8.12. The van der Waals surface area contributed by atoms with Crippen molar-refractivity contribution in [2.75, 3.05) is 0 Å². The summed E-state index contributed by atoms with van der Waals surface area (Å²) in [4.78, 5) is 36.2. The van der Waals surface area contributed by atoms with Crippen molar-refractivity contribution in [1.29, 1.82) is 0 Å². The van der Waals surface area contributed by atoms with Crippen LogP contribution in [0.15, 0.2) is 0 Å². The summed E-state index contributed by atoms with van der Waals surface area (Å²) in [6, 6.07) is 0.232. The lowest BCUT2D eigenvalue weighted by atomic mass is 9.90. The monoisotopic (exact) mass is 381 g/mol. The molecule has 0 radical (unpaired) electrons. The first-order valence-electron chi connectivity index (χ1n) is 10.8. The lowest BCUT2D eigenvalue weighted by Gasteiger charge is -2.44. The van der Waals surface area contributed by atoms with Gasteiger partial charge in [0.25, 0.3) is 0 Å². The number of amides is 1. The van der Waals surface area contributed by atoms with Gasteiger partial charge in [-0.1, -0.05) is 44.9 Å². The van der Waals surface area contributed by atoms with E-state index in [1.54, 1.807) is 13.8 Å². The first-order chi connectivity index (χ1) is 12.8. The molecule has 0 unspecified atom stereocenters. The predicted molar refractivity (Wildman–Crippen MR) is 107 cm³/mol. The predicted octanol–water partition coefficient (Wildman–Crippen LogP) is 4.81. The molecule has 1 amide bonds. The van der Waals surface area contributed by atoms with Gasteiger partial charge in [0.1, 0.15) is 11.9 Å². The Hall–Kier alpha value is -1.39. The van der Waals surface area contributed by atoms with Crippen molar-refractivity contribution in [2.45, 2.75) is 123 Å². The molecule has 0 aromatic rings. The molecule has 1 heterocycles. The van der Waals surface area contributed by atoms with E-state index in [4.69, 9.17) is 4.74 Å². The number of unbranched alkanes of at least 4 members (excludes halogenated alkanes) is 7. The van der Waals surface area contributed by atoms with Crippen LogP contribution in [0, 0.1) is 0 Å². The van der Waals surface area contributed by atoms with Gasteiger partial charge >= 0.3 is 5.97 Å². The Balaban J connectivity index is 2.21. The molecule has 1 aliphatic rings. The largest absolute Gasteiger partial charge is 0.460 e. The highest BCUT2D eigenvalue weighted by Crippen LogP contribution is 2.29. The second-order valence-electron chi connectivity index (χ2n) is 8.12. The van der Waals surface area contributed by atoms with Gasteiger partial charge in [0.2, 0.25) is 5.91 Å². The first kappa shape index (κ1) is 23.6. The highest BCUT2D eigenvalue weighted by atomic mass is 16.5. The van der Waals surface area contributed by atoms with Crippen LogP contribution in [-0.4, -0.2) is 40.7 Å². The fraction of sp³-hybridized carbons (Fsp3) is 0.864. The molecule has 1 saturated heterocycles. The van der Waals surface area contributed by atoms with Gasteiger partial charge in [0, 0.05) is 26.3 Å². The molecular formula is C22H39NO4. The van der Waals surface area contributed by atoms with Crippen molar-refractivity contribution >= 4 is 17.7 Å². The Bertz CT molecular complexity index is 477. The Morgan fingerprint density at radius 1 is 0.852 bits per heavy atom. The summed E-state index contributed by atoms with van der Waals surface area (Å²) >= 11 is 0. The van der Waals surface area contributed by atoms with E-state index >= 15 is 0 Å². The van der Waals surface area contributed by atoms with Gasteiger partial charge in [-0.3, -0.25) is 9.59 Å². The van der Waals surface area contributed by atoms with E-state index in [0.29, 0.717) is 5.78 Å². The maximum absolute atomic E-state index is 12.1. The number of hydrogen-bond donors (Lipinski definition) is 0. The number of nitrogens with zero attached hydrogens (tertiary/aromatic N) is 1. The quantitative estimate of drug-likeness (QED) is 0.359. The van der Waals surface area contributed by atoms with Crippen LogP contribution in [0.1, 0.15) is 105 Å². The zero-order chi connectivity index (χ0) is 20.2. The molecule has 27 heavy (non-hydrogen) atoms. The molecule has 0 aromatic carbocycles. The molecule has 3 atom stereocenters. The Labute approximate surface area is 165 Å². The summed E-state index contributed by atoms with van der Waals surface area (Å²) in [5.41, 5.74) is 0. The summed E-state index contributed by atoms with van der Waals surface area (Å²) < 4.78 is 5.39. The molecule has 1 aliphatic heterocycles.